The number of aryl methyl sites for hydroxylation is 1. The minimum Gasteiger partial charge on any atom is -0.497 e. The summed E-state index contributed by atoms with van der Waals surface area (Å²) in [5, 5.41) is 2.90. The van der Waals surface area contributed by atoms with Crippen molar-refractivity contribution in [2.45, 2.75) is 31.2 Å². The van der Waals surface area contributed by atoms with Crippen LogP contribution < -0.4 is 19.1 Å². The Morgan fingerprint density at radius 3 is 2.29 bits per heavy atom. The summed E-state index contributed by atoms with van der Waals surface area (Å²) in [5.74, 6) is 0.781. The highest BCUT2D eigenvalue weighted by molar-refractivity contribution is 7.92. The van der Waals surface area contributed by atoms with Crippen LogP contribution >= 0.6 is 0 Å². The molecule has 1 unspecified atom stereocenters. The summed E-state index contributed by atoms with van der Waals surface area (Å²) >= 11 is 0. The van der Waals surface area contributed by atoms with Crippen LogP contribution in [0.25, 0.3) is 0 Å². The molecule has 3 aromatic carbocycles. The van der Waals surface area contributed by atoms with Gasteiger partial charge in [-0.15, -0.1) is 0 Å². The minimum atomic E-state index is -3.98. The van der Waals surface area contributed by atoms with Crippen LogP contribution in [-0.2, 0) is 21.2 Å². The third kappa shape index (κ3) is 5.51. The number of methoxy groups -OCH3 is 2. The lowest BCUT2D eigenvalue weighted by Crippen LogP contribution is -2.42. The van der Waals surface area contributed by atoms with E-state index in [1.165, 1.54) is 16.4 Å². The fraction of sp³-hybridized carbons (Fsp3) is 0.269. The molecule has 0 aliphatic heterocycles. The Morgan fingerprint density at radius 2 is 1.65 bits per heavy atom. The average molecular weight is 483 g/mol. The number of hydrogen-bond acceptors (Lipinski definition) is 5. The van der Waals surface area contributed by atoms with Gasteiger partial charge in [-0.2, -0.15) is 0 Å². The zero-order valence-electron chi connectivity index (χ0n) is 19.8. The van der Waals surface area contributed by atoms with Crippen molar-refractivity contribution < 1.29 is 22.7 Å². The number of sulfonamides is 1. The van der Waals surface area contributed by atoms with E-state index in [1.807, 2.05) is 26.0 Å². The highest BCUT2D eigenvalue weighted by Crippen LogP contribution is 2.30. The third-order valence-electron chi connectivity index (χ3n) is 5.54. The van der Waals surface area contributed by atoms with Crippen molar-refractivity contribution in [3.05, 3.63) is 83.9 Å². The highest BCUT2D eigenvalue weighted by atomic mass is 32.2. The zero-order valence-corrected chi connectivity index (χ0v) is 20.6. The lowest BCUT2D eigenvalue weighted by molar-refractivity contribution is -0.120. The van der Waals surface area contributed by atoms with Crippen molar-refractivity contribution in [1.82, 2.24) is 5.32 Å². The molecule has 0 fully saturated rings. The van der Waals surface area contributed by atoms with Crippen molar-refractivity contribution in [3.8, 4) is 11.5 Å². The summed E-state index contributed by atoms with van der Waals surface area (Å²) in [4.78, 5) is 13.3. The number of carbonyl (C=O) groups is 1. The van der Waals surface area contributed by atoms with Gasteiger partial charge in [0, 0.05) is 5.56 Å². The molecule has 0 saturated heterocycles. The van der Waals surface area contributed by atoms with Crippen LogP contribution in [0.5, 0.6) is 11.5 Å². The lowest BCUT2D eigenvalue weighted by atomic mass is 10.1. The van der Waals surface area contributed by atoms with Crippen LogP contribution in [0.2, 0.25) is 0 Å². The number of hydrogen-bond donors (Lipinski definition) is 1. The van der Waals surface area contributed by atoms with E-state index in [-0.39, 0.29) is 11.4 Å². The van der Waals surface area contributed by atoms with E-state index in [2.05, 4.69) is 5.32 Å². The Balaban J connectivity index is 1.94. The molecule has 0 heterocycles. The number of rotatable bonds is 10. The Bertz CT molecular complexity index is 1230. The van der Waals surface area contributed by atoms with Crippen molar-refractivity contribution in [3.63, 3.8) is 0 Å². The van der Waals surface area contributed by atoms with E-state index in [0.717, 1.165) is 11.1 Å². The molecule has 0 spiro atoms. The molecular weight excluding hydrogens is 452 g/mol. The van der Waals surface area contributed by atoms with Gasteiger partial charge in [0.25, 0.3) is 10.0 Å². The van der Waals surface area contributed by atoms with Crippen LogP contribution in [-0.4, -0.2) is 35.1 Å². The molecule has 3 rings (SSSR count). The van der Waals surface area contributed by atoms with Gasteiger partial charge in [0.05, 0.1) is 30.8 Å². The largest absolute Gasteiger partial charge is 0.497 e. The van der Waals surface area contributed by atoms with Crippen molar-refractivity contribution >= 4 is 21.6 Å². The molecule has 180 valence electrons. The SMILES string of the molecule is CCc1ccccc1N(CC(=O)NC(C)c1cc(OC)ccc1OC)S(=O)(=O)c1ccccc1. The van der Waals surface area contributed by atoms with Gasteiger partial charge in [-0.05, 0) is 55.3 Å². The van der Waals surface area contributed by atoms with Crippen LogP contribution in [0.3, 0.4) is 0 Å². The first-order chi connectivity index (χ1) is 16.3. The van der Waals surface area contributed by atoms with Crippen molar-refractivity contribution in [2.24, 2.45) is 0 Å². The lowest BCUT2D eigenvalue weighted by Gasteiger charge is -2.27. The summed E-state index contributed by atoms with van der Waals surface area (Å²) in [7, 11) is -0.865. The number of benzene rings is 3. The number of para-hydroxylation sites is 1. The monoisotopic (exact) mass is 482 g/mol. The molecular formula is C26H30N2O5S. The maximum absolute atomic E-state index is 13.6. The third-order valence-corrected chi connectivity index (χ3v) is 7.31. The van der Waals surface area contributed by atoms with Crippen LogP contribution in [0.1, 0.15) is 31.0 Å². The van der Waals surface area contributed by atoms with Crippen LogP contribution in [0, 0.1) is 0 Å². The Labute approximate surface area is 201 Å². The zero-order chi connectivity index (χ0) is 24.7. The summed E-state index contributed by atoms with van der Waals surface area (Å²) in [5.41, 5.74) is 2.04. The van der Waals surface area contributed by atoms with Gasteiger partial charge >= 0.3 is 0 Å². The normalized spacial score (nSPS) is 12.0. The number of carbonyl (C=O) groups excluding carboxylic acids is 1. The number of nitrogens with one attached hydrogen (secondary N) is 1. The summed E-state index contributed by atoms with van der Waals surface area (Å²) in [6.07, 6.45) is 0.621. The first-order valence-electron chi connectivity index (χ1n) is 11.0. The molecule has 0 aromatic heterocycles. The minimum absolute atomic E-state index is 0.121. The predicted molar refractivity (Wildman–Crippen MR) is 133 cm³/mol. The van der Waals surface area contributed by atoms with E-state index >= 15 is 0 Å². The second-order valence-corrected chi connectivity index (χ2v) is 9.57. The Morgan fingerprint density at radius 1 is 0.971 bits per heavy atom. The van der Waals surface area contributed by atoms with Gasteiger partial charge in [-0.25, -0.2) is 8.42 Å². The molecule has 0 aliphatic carbocycles. The molecule has 8 heteroatoms. The van der Waals surface area contributed by atoms with Gasteiger partial charge in [0.1, 0.15) is 18.0 Å². The van der Waals surface area contributed by atoms with Gasteiger partial charge in [-0.1, -0.05) is 43.3 Å². The summed E-state index contributed by atoms with van der Waals surface area (Å²) < 4.78 is 39.1. The maximum atomic E-state index is 13.6. The fourth-order valence-electron chi connectivity index (χ4n) is 3.75. The molecule has 1 atom stereocenters. The molecule has 1 N–H and O–H groups in total. The van der Waals surface area contributed by atoms with Crippen LogP contribution in [0.15, 0.2) is 77.7 Å². The van der Waals surface area contributed by atoms with Crippen molar-refractivity contribution in [1.29, 1.82) is 0 Å². The molecule has 0 aliphatic rings. The molecule has 34 heavy (non-hydrogen) atoms. The summed E-state index contributed by atoms with van der Waals surface area (Å²) in [6, 6.07) is 20.2. The fourth-order valence-corrected chi connectivity index (χ4v) is 5.23. The predicted octanol–water partition coefficient (Wildman–Crippen LogP) is 4.34. The molecule has 1 amide bonds. The topological polar surface area (TPSA) is 84.9 Å². The van der Waals surface area contributed by atoms with Gasteiger partial charge in [-0.3, -0.25) is 9.10 Å². The molecule has 0 saturated carbocycles. The molecule has 7 nitrogen and oxygen atoms in total. The molecule has 0 bridgehead atoms. The quantitative estimate of drug-likeness (QED) is 0.465. The van der Waals surface area contributed by atoms with E-state index in [0.29, 0.717) is 23.6 Å². The maximum Gasteiger partial charge on any atom is 0.264 e. The van der Waals surface area contributed by atoms with Gasteiger partial charge in [0.15, 0.2) is 0 Å². The van der Waals surface area contributed by atoms with E-state index in [4.69, 9.17) is 9.47 Å². The second-order valence-electron chi connectivity index (χ2n) is 7.70. The first kappa shape index (κ1) is 25.1. The number of nitrogens with zero attached hydrogens (tertiary/aromatic N) is 1. The highest BCUT2D eigenvalue weighted by Gasteiger charge is 2.29. The average Bonchev–Trinajstić information content (AvgIpc) is 2.87. The standard InChI is InChI=1S/C26H30N2O5S/c1-5-20-11-9-10-14-24(20)28(34(30,31)22-12-7-6-8-13-22)18-26(29)27-19(2)23-17-21(32-3)15-16-25(23)33-4/h6-17,19H,5,18H2,1-4H3,(H,27,29). The molecule has 3 aromatic rings. The number of ether oxygens (including phenoxy) is 2. The molecule has 0 radical (unpaired) electrons. The first-order valence-corrected chi connectivity index (χ1v) is 12.4. The summed E-state index contributed by atoms with van der Waals surface area (Å²) in [6.45, 7) is 3.39. The van der Waals surface area contributed by atoms with Crippen molar-refractivity contribution in [2.75, 3.05) is 25.1 Å². The number of anilines is 1. The van der Waals surface area contributed by atoms with E-state index in [1.54, 1.807) is 62.8 Å². The van der Waals surface area contributed by atoms with Gasteiger partial charge < -0.3 is 14.8 Å². The number of amides is 1. The van der Waals surface area contributed by atoms with Crippen LogP contribution in [0.4, 0.5) is 5.69 Å². The Kier molecular flexibility index (Phi) is 8.17. The van der Waals surface area contributed by atoms with E-state index in [9.17, 15) is 13.2 Å². The smallest absolute Gasteiger partial charge is 0.264 e. The van der Waals surface area contributed by atoms with Gasteiger partial charge in [0.2, 0.25) is 5.91 Å². The second kappa shape index (κ2) is 11.1. The Hall–Kier alpha value is -3.52. The van der Waals surface area contributed by atoms with E-state index < -0.39 is 22.0 Å².